The van der Waals surface area contributed by atoms with Crippen LogP contribution in [0.5, 0.6) is 0 Å². The molecule has 1 aromatic carbocycles. The van der Waals surface area contributed by atoms with E-state index in [1.807, 2.05) is 32.0 Å². The lowest BCUT2D eigenvalue weighted by Crippen LogP contribution is -2.13. The average Bonchev–Trinajstić information content (AvgIpc) is 2.33. The van der Waals surface area contributed by atoms with E-state index in [1.165, 1.54) is 0 Å². The fourth-order valence-corrected chi connectivity index (χ4v) is 2.49. The van der Waals surface area contributed by atoms with Crippen molar-refractivity contribution >= 4 is 43.6 Å². The van der Waals surface area contributed by atoms with Gasteiger partial charge in [-0.1, -0.05) is 6.07 Å². The Kier molecular flexibility index (Phi) is 4.37. The highest BCUT2D eigenvalue weighted by molar-refractivity contribution is 9.10. The molecule has 0 aliphatic heterocycles. The Labute approximate surface area is 128 Å². The zero-order valence-electron chi connectivity index (χ0n) is 10.5. The Morgan fingerprint density at radius 3 is 2.53 bits per heavy atom. The van der Waals surface area contributed by atoms with Crippen molar-refractivity contribution in [3.63, 3.8) is 0 Å². The predicted octanol–water partition coefficient (Wildman–Crippen LogP) is 4.48. The molecular formula is C14H12Br2N2O. The van der Waals surface area contributed by atoms with Crippen molar-refractivity contribution in [3.05, 3.63) is 56.1 Å². The number of hydrogen-bond donors (Lipinski definition) is 1. The molecule has 0 saturated carbocycles. The quantitative estimate of drug-likeness (QED) is 0.830. The molecule has 1 aromatic heterocycles. The van der Waals surface area contributed by atoms with Gasteiger partial charge in [-0.05, 0) is 75.0 Å². The molecule has 0 spiro atoms. The van der Waals surface area contributed by atoms with Crippen LogP contribution in [0.3, 0.4) is 0 Å². The fourth-order valence-electron chi connectivity index (χ4n) is 1.60. The molecule has 98 valence electrons. The first-order valence-electron chi connectivity index (χ1n) is 5.67. The van der Waals surface area contributed by atoms with Crippen molar-refractivity contribution < 1.29 is 4.79 Å². The van der Waals surface area contributed by atoms with Gasteiger partial charge in [0.15, 0.2) is 0 Å². The number of nitrogens with zero attached hydrogens (tertiary/aromatic N) is 1. The molecule has 0 saturated heterocycles. The molecular weight excluding hydrogens is 372 g/mol. The first-order valence-corrected chi connectivity index (χ1v) is 7.25. The Bertz CT molecular complexity index is 641. The molecule has 19 heavy (non-hydrogen) atoms. The van der Waals surface area contributed by atoms with Crippen LogP contribution in [0.4, 0.5) is 5.82 Å². The van der Waals surface area contributed by atoms with Gasteiger partial charge in [-0.3, -0.25) is 4.79 Å². The molecule has 0 aliphatic carbocycles. The summed E-state index contributed by atoms with van der Waals surface area (Å²) < 4.78 is 1.70. The normalized spacial score (nSPS) is 10.3. The van der Waals surface area contributed by atoms with Crippen molar-refractivity contribution in [3.8, 4) is 0 Å². The minimum absolute atomic E-state index is 0.180. The maximum atomic E-state index is 12.1. The second-order valence-electron chi connectivity index (χ2n) is 4.26. The fraction of sp³-hybridized carbons (Fsp3) is 0.143. The number of pyridine rings is 1. The number of rotatable bonds is 2. The number of hydrogen-bond acceptors (Lipinski definition) is 2. The zero-order chi connectivity index (χ0) is 14.0. The van der Waals surface area contributed by atoms with Gasteiger partial charge in [-0.25, -0.2) is 4.98 Å². The monoisotopic (exact) mass is 382 g/mol. The number of halogens is 2. The van der Waals surface area contributed by atoms with E-state index < -0.39 is 0 Å². The molecule has 5 heteroatoms. The van der Waals surface area contributed by atoms with E-state index in [0.717, 1.165) is 20.1 Å². The van der Waals surface area contributed by atoms with Crippen LogP contribution >= 0.6 is 31.9 Å². The largest absolute Gasteiger partial charge is 0.307 e. The Hall–Kier alpha value is -1.20. The summed E-state index contributed by atoms with van der Waals surface area (Å²) in [6.45, 7) is 3.93. The van der Waals surface area contributed by atoms with Gasteiger partial charge in [0.05, 0.1) is 5.56 Å². The van der Waals surface area contributed by atoms with E-state index in [9.17, 15) is 4.79 Å². The highest BCUT2D eigenvalue weighted by atomic mass is 79.9. The Balaban J connectivity index is 2.23. The van der Waals surface area contributed by atoms with Gasteiger partial charge in [0.2, 0.25) is 0 Å². The maximum absolute atomic E-state index is 12.1. The van der Waals surface area contributed by atoms with Crippen molar-refractivity contribution in [1.82, 2.24) is 4.98 Å². The topological polar surface area (TPSA) is 42.0 Å². The highest BCUT2D eigenvalue weighted by Gasteiger charge is 2.11. The summed E-state index contributed by atoms with van der Waals surface area (Å²) in [6, 6.07) is 7.43. The Morgan fingerprint density at radius 1 is 1.16 bits per heavy atom. The number of aryl methyl sites for hydroxylation is 2. The zero-order valence-corrected chi connectivity index (χ0v) is 13.7. The number of aromatic nitrogens is 1. The van der Waals surface area contributed by atoms with Crippen molar-refractivity contribution in [1.29, 1.82) is 0 Å². The molecule has 0 unspecified atom stereocenters. The van der Waals surface area contributed by atoms with Crippen LogP contribution in [0.15, 0.2) is 39.4 Å². The van der Waals surface area contributed by atoms with Crippen molar-refractivity contribution in [2.24, 2.45) is 0 Å². The number of amides is 1. The minimum Gasteiger partial charge on any atom is -0.307 e. The molecule has 1 heterocycles. The lowest BCUT2D eigenvalue weighted by atomic mass is 10.1. The van der Waals surface area contributed by atoms with Gasteiger partial charge >= 0.3 is 0 Å². The van der Waals surface area contributed by atoms with E-state index in [-0.39, 0.29) is 5.91 Å². The van der Waals surface area contributed by atoms with Crippen LogP contribution < -0.4 is 5.32 Å². The summed E-state index contributed by atoms with van der Waals surface area (Å²) in [5.41, 5.74) is 2.71. The molecule has 0 radical (unpaired) electrons. The standard InChI is InChI=1S/C14H12Br2N2O/c1-8-3-4-10(11(15)5-8)14(19)18-13-6-9(2)12(16)7-17-13/h3-7H,1-2H3,(H,17,18,19). The van der Waals surface area contributed by atoms with Gasteiger partial charge in [-0.15, -0.1) is 0 Å². The van der Waals surface area contributed by atoms with Gasteiger partial charge in [0.25, 0.3) is 5.91 Å². The van der Waals surface area contributed by atoms with E-state index in [0.29, 0.717) is 11.4 Å². The summed E-state index contributed by atoms with van der Waals surface area (Å²) in [4.78, 5) is 16.3. The molecule has 3 nitrogen and oxygen atoms in total. The van der Waals surface area contributed by atoms with Gasteiger partial charge in [0.1, 0.15) is 5.82 Å². The molecule has 0 fully saturated rings. The van der Waals surface area contributed by atoms with Crippen molar-refractivity contribution in [2.45, 2.75) is 13.8 Å². The molecule has 0 bridgehead atoms. The van der Waals surface area contributed by atoms with E-state index in [1.54, 1.807) is 12.3 Å². The van der Waals surface area contributed by atoms with Gasteiger partial charge < -0.3 is 5.32 Å². The third kappa shape index (κ3) is 3.42. The van der Waals surface area contributed by atoms with Crippen LogP contribution in [0, 0.1) is 13.8 Å². The third-order valence-corrected chi connectivity index (χ3v) is 4.14. The first kappa shape index (κ1) is 14.2. The summed E-state index contributed by atoms with van der Waals surface area (Å²) in [7, 11) is 0. The predicted molar refractivity (Wildman–Crippen MR) is 83.5 cm³/mol. The second kappa shape index (κ2) is 5.84. The summed E-state index contributed by atoms with van der Waals surface area (Å²) in [5, 5.41) is 2.79. The summed E-state index contributed by atoms with van der Waals surface area (Å²) in [5.74, 6) is 0.360. The molecule has 0 atom stereocenters. The number of carbonyl (C=O) groups is 1. The molecule has 2 rings (SSSR count). The lowest BCUT2D eigenvalue weighted by molar-refractivity contribution is 0.102. The van der Waals surface area contributed by atoms with Crippen molar-refractivity contribution in [2.75, 3.05) is 5.32 Å². The van der Waals surface area contributed by atoms with E-state index in [4.69, 9.17) is 0 Å². The Morgan fingerprint density at radius 2 is 1.89 bits per heavy atom. The van der Waals surface area contributed by atoms with Crippen LogP contribution in [0.1, 0.15) is 21.5 Å². The van der Waals surface area contributed by atoms with Crippen LogP contribution in [0.25, 0.3) is 0 Å². The van der Waals surface area contributed by atoms with Crippen LogP contribution in [0.2, 0.25) is 0 Å². The molecule has 1 amide bonds. The lowest BCUT2D eigenvalue weighted by Gasteiger charge is -2.08. The number of benzene rings is 1. The summed E-state index contributed by atoms with van der Waals surface area (Å²) >= 11 is 6.78. The minimum atomic E-state index is -0.180. The second-order valence-corrected chi connectivity index (χ2v) is 5.96. The van der Waals surface area contributed by atoms with Crippen LogP contribution in [-0.4, -0.2) is 10.9 Å². The van der Waals surface area contributed by atoms with Crippen LogP contribution in [-0.2, 0) is 0 Å². The summed E-state index contributed by atoms with van der Waals surface area (Å²) in [6.07, 6.45) is 1.68. The average molecular weight is 384 g/mol. The highest BCUT2D eigenvalue weighted by Crippen LogP contribution is 2.21. The molecule has 1 N–H and O–H groups in total. The molecule has 0 aliphatic rings. The van der Waals surface area contributed by atoms with E-state index >= 15 is 0 Å². The van der Waals surface area contributed by atoms with Gasteiger partial charge in [0, 0.05) is 15.1 Å². The third-order valence-electron chi connectivity index (χ3n) is 2.66. The first-order chi connectivity index (χ1) is 8.97. The molecule has 2 aromatic rings. The van der Waals surface area contributed by atoms with Gasteiger partial charge in [-0.2, -0.15) is 0 Å². The number of nitrogens with one attached hydrogen (secondary N) is 1. The SMILES string of the molecule is Cc1ccc(C(=O)Nc2cc(C)c(Br)cn2)c(Br)c1. The maximum Gasteiger partial charge on any atom is 0.257 e. The smallest absolute Gasteiger partial charge is 0.257 e. The van der Waals surface area contributed by atoms with E-state index in [2.05, 4.69) is 42.2 Å². The number of anilines is 1. The number of carbonyl (C=O) groups excluding carboxylic acids is 1.